The number of hydrogen-bond donors (Lipinski definition) is 3. The van der Waals surface area contributed by atoms with Crippen LogP contribution in [0.4, 0.5) is 15.6 Å². The average Bonchev–Trinajstić information content (AvgIpc) is 3.07. The number of benzene rings is 1. The molecular weight excluding hydrogens is 386 g/mol. The van der Waals surface area contributed by atoms with Crippen molar-refractivity contribution in [2.24, 2.45) is 0 Å². The van der Waals surface area contributed by atoms with E-state index in [0.717, 1.165) is 15.6 Å². The number of urea groups is 1. The minimum Gasteiger partial charge on any atom is -0.463 e. The molecule has 2 heterocycles. The molecule has 27 heavy (non-hydrogen) atoms. The van der Waals surface area contributed by atoms with E-state index in [4.69, 9.17) is 4.74 Å². The fourth-order valence-electron chi connectivity index (χ4n) is 2.37. The van der Waals surface area contributed by atoms with Gasteiger partial charge in [0.25, 0.3) is 0 Å². The van der Waals surface area contributed by atoms with Gasteiger partial charge in [-0.1, -0.05) is 35.2 Å². The Morgan fingerprint density at radius 2 is 2.26 bits per heavy atom. The van der Waals surface area contributed by atoms with Crippen molar-refractivity contribution >= 4 is 45.9 Å². The number of thioether (sulfide) groups is 1. The van der Waals surface area contributed by atoms with Gasteiger partial charge >= 0.3 is 12.0 Å². The molecule has 0 radical (unpaired) electrons. The number of hydrogen-bond acceptors (Lipinski definition) is 8. The molecule has 0 fully saturated rings. The molecule has 3 N–H and O–H groups in total. The number of esters is 1. The van der Waals surface area contributed by atoms with Crippen LogP contribution < -0.4 is 16.0 Å². The lowest BCUT2D eigenvalue weighted by Crippen LogP contribution is -2.44. The third-order valence-corrected chi connectivity index (χ3v) is 5.59. The summed E-state index contributed by atoms with van der Waals surface area (Å²) in [5, 5.41) is 17.4. The minimum atomic E-state index is -0.431. The number of rotatable bonds is 7. The SMILES string of the molecule is CCOC(=O)C1=C(CSc2nnc(Nc3cccc(C)c3)s2)NC(=O)NC1. The topological polar surface area (TPSA) is 105 Å². The molecule has 0 atom stereocenters. The lowest BCUT2D eigenvalue weighted by molar-refractivity contribution is -0.138. The molecule has 0 saturated heterocycles. The Bertz CT molecular complexity index is 881. The number of ether oxygens (including phenoxy) is 1. The third kappa shape index (κ3) is 5.20. The maximum absolute atomic E-state index is 12.0. The Hall–Kier alpha value is -2.59. The first kappa shape index (κ1) is 19.2. The summed E-state index contributed by atoms with van der Waals surface area (Å²) in [6.45, 7) is 4.19. The number of anilines is 2. The number of nitrogens with one attached hydrogen (secondary N) is 3. The van der Waals surface area contributed by atoms with Crippen molar-refractivity contribution in [3.63, 3.8) is 0 Å². The summed E-state index contributed by atoms with van der Waals surface area (Å²) in [6, 6.07) is 7.64. The maximum atomic E-state index is 12.0. The molecule has 1 aliphatic rings. The van der Waals surface area contributed by atoms with Crippen LogP contribution in [-0.4, -0.2) is 41.1 Å². The van der Waals surface area contributed by atoms with Crippen LogP contribution in [0.5, 0.6) is 0 Å². The zero-order valence-corrected chi connectivity index (χ0v) is 16.5. The highest BCUT2D eigenvalue weighted by Crippen LogP contribution is 2.29. The van der Waals surface area contributed by atoms with Crippen LogP contribution in [0.15, 0.2) is 39.9 Å². The molecule has 0 unspecified atom stereocenters. The molecule has 8 nitrogen and oxygen atoms in total. The summed E-state index contributed by atoms with van der Waals surface area (Å²) >= 11 is 2.80. The Balaban J connectivity index is 1.65. The molecule has 0 aliphatic carbocycles. The van der Waals surface area contributed by atoms with E-state index in [1.807, 2.05) is 31.2 Å². The zero-order valence-electron chi connectivity index (χ0n) is 14.9. The van der Waals surface area contributed by atoms with Crippen LogP contribution in [0.3, 0.4) is 0 Å². The van der Waals surface area contributed by atoms with Crippen LogP contribution >= 0.6 is 23.1 Å². The molecular formula is C17H19N5O3S2. The van der Waals surface area contributed by atoms with E-state index in [1.165, 1.54) is 23.1 Å². The number of carbonyl (C=O) groups is 2. The van der Waals surface area contributed by atoms with E-state index in [-0.39, 0.29) is 19.2 Å². The summed E-state index contributed by atoms with van der Waals surface area (Å²) in [4.78, 5) is 23.6. The fourth-order valence-corrected chi connectivity index (χ4v) is 4.13. The van der Waals surface area contributed by atoms with Crippen LogP contribution in [0.1, 0.15) is 12.5 Å². The number of nitrogens with zero attached hydrogens (tertiary/aromatic N) is 2. The Morgan fingerprint density at radius 1 is 1.41 bits per heavy atom. The van der Waals surface area contributed by atoms with Crippen molar-refractivity contribution in [2.75, 3.05) is 24.2 Å². The second kappa shape index (κ2) is 8.87. The van der Waals surface area contributed by atoms with Crippen LogP contribution in [0.25, 0.3) is 0 Å². The Labute approximate surface area is 164 Å². The van der Waals surface area contributed by atoms with Crippen molar-refractivity contribution in [3.8, 4) is 0 Å². The number of aromatic nitrogens is 2. The summed E-state index contributed by atoms with van der Waals surface area (Å²) < 4.78 is 5.78. The summed E-state index contributed by atoms with van der Waals surface area (Å²) in [6.07, 6.45) is 0. The molecule has 142 valence electrons. The molecule has 2 aromatic rings. The van der Waals surface area contributed by atoms with Gasteiger partial charge in [-0.3, -0.25) is 0 Å². The van der Waals surface area contributed by atoms with E-state index in [0.29, 0.717) is 22.2 Å². The van der Waals surface area contributed by atoms with Crippen molar-refractivity contribution in [1.82, 2.24) is 20.8 Å². The monoisotopic (exact) mass is 405 g/mol. The van der Waals surface area contributed by atoms with Crippen molar-refractivity contribution < 1.29 is 14.3 Å². The third-order valence-electron chi connectivity index (χ3n) is 3.59. The molecule has 1 aliphatic heterocycles. The van der Waals surface area contributed by atoms with Gasteiger partial charge in [0, 0.05) is 17.1 Å². The second-order valence-corrected chi connectivity index (χ2v) is 7.84. The largest absolute Gasteiger partial charge is 0.463 e. The standard InChI is InChI=1S/C17H19N5O3S2/c1-3-25-14(23)12-8-18-15(24)20-13(12)9-26-17-22-21-16(27-17)19-11-6-4-5-10(2)7-11/h4-7H,3,8-9H2,1-2H3,(H,19,21)(H2,18,20,24). The van der Waals surface area contributed by atoms with Gasteiger partial charge in [-0.05, 0) is 31.5 Å². The molecule has 0 spiro atoms. The van der Waals surface area contributed by atoms with Crippen molar-refractivity contribution in [1.29, 1.82) is 0 Å². The Kier molecular flexibility index (Phi) is 6.30. The first-order valence-corrected chi connectivity index (χ1v) is 10.1. The smallest absolute Gasteiger partial charge is 0.337 e. The summed E-state index contributed by atoms with van der Waals surface area (Å²) in [5.74, 6) is -0.0413. The van der Waals surface area contributed by atoms with Gasteiger partial charge in [-0.15, -0.1) is 10.2 Å². The normalized spacial score (nSPS) is 13.8. The lowest BCUT2D eigenvalue weighted by Gasteiger charge is -2.20. The molecule has 2 amide bonds. The van der Waals surface area contributed by atoms with Gasteiger partial charge in [-0.2, -0.15) is 0 Å². The van der Waals surface area contributed by atoms with Crippen LogP contribution in [0.2, 0.25) is 0 Å². The highest BCUT2D eigenvalue weighted by Gasteiger charge is 2.24. The zero-order chi connectivity index (χ0) is 19.2. The van der Waals surface area contributed by atoms with Crippen molar-refractivity contribution in [2.45, 2.75) is 18.2 Å². The van der Waals surface area contributed by atoms with Gasteiger partial charge in [-0.25, -0.2) is 9.59 Å². The van der Waals surface area contributed by atoms with Gasteiger partial charge in [0.05, 0.1) is 18.7 Å². The maximum Gasteiger partial charge on any atom is 0.337 e. The molecule has 1 aromatic heterocycles. The number of aryl methyl sites for hydroxylation is 1. The Morgan fingerprint density at radius 3 is 3.04 bits per heavy atom. The minimum absolute atomic E-state index is 0.150. The number of carbonyl (C=O) groups excluding carboxylic acids is 2. The van der Waals surface area contributed by atoms with Crippen molar-refractivity contribution in [3.05, 3.63) is 41.1 Å². The van der Waals surface area contributed by atoms with E-state index < -0.39 is 5.97 Å². The molecule has 3 rings (SSSR count). The summed E-state index contributed by atoms with van der Waals surface area (Å²) in [7, 11) is 0. The van der Waals surface area contributed by atoms with Crippen LogP contribution in [0, 0.1) is 6.92 Å². The average molecular weight is 406 g/mol. The van der Waals surface area contributed by atoms with Crippen LogP contribution in [-0.2, 0) is 9.53 Å². The first-order valence-electron chi connectivity index (χ1n) is 8.29. The molecule has 1 aromatic carbocycles. The molecule has 0 bridgehead atoms. The van der Waals surface area contributed by atoms with Gasteiger partial charge < -0.3 is 20.7 Å². The van der Waals surface area contributed by atoms with E-state index >= 15 is 0 Å². The highest BCUT2D eigenvalue weighted by molar-refractivity contribution is 8.01. The predicted octanol–water partition coefficient (Wildman–Crippen LogP) is 2.81. The number of amides is 2. The van der Waals surface area contributed by atoms with Gasteiger partial charge in [0.1, 0.15) is 0 Å². The van der Waals surface area contributed by atoms with Gasteiger partial charge in [0.15, 0.2) is 4.34 Å². The van der Waals surface area contributed by atoms with Gasteiger partial charge in [0.2, 0.25) is 5.13 Å². The molecule has 0 saturated carbocycles. The highest BCUT2D eigenvalue weighted by atomic mass is 32.2. The van der Waals surface area contributed by atoms with E-state index in [1.54, 1.807) is 6.92 Å². The molecule has 10 heteroatoms. The first-order chi connectivity index (χ1) is 13.0. The van der Waals surface area contributed by atoms with E-state index in [2.05, 4.69) is 26.1 Å². The summed E-state index contributed by atoms with van der Waals surface area (Å²) in [5.41, 5.74) is 3.05. The van der Waals surface area contributed by atoms with E-state index in [9.17, 15) is 9.59 Å². The predicted molar refractivity (Wildman–Crippen MR) is 105 cm³/mol. The second-order valence-electron chi connectivity index (χ2n) is 5.64. The lowest BCUT2D eigenvalue weighted by atomic mass is 10.2. The fraction of sp³-hybridized carbons (Fsp3) is 0.294. The quantitative estimate of drug-likeness (QED) is 0.480.